The van der Waals surface area contributed by atoms with Gasteiger partial charge in [0.05, 0.1) is 0 Å². The van der Waals surface area contributed by atoms with Gasteiger partial charge in [0.25, 0.3) is 0 Å². The highest BCUT2D eigenvalue weighted by molar-refractivity contribution is 4.83. The van der Waals surface area contributed by atoms with Crippen molar-refractivity contribution in [1.82, 2.24) is 9.80 Å². The van der Waals surface area contributed by atoms with Gasteiger partial charge >= 0.3 is 0 Å². The van der Waals surface area contributed by atoms with Crippen molar-refractivity contribution >= 4 is 0 Å². The van der Waals surface area contributed by atoms with Crippen LogP contribution in [0.25, 0.3) is 0 Å². The highest BCUT2D eigenvalue weighted by Gasteiger charge is 2.26. The van der Waals surface area contributed by atoms with Crippen molar-refractivity contribution in [2.24, 2.45) is 11.7 Å². The average Bonchev–Trinajstić information content (AvgIpc) is 2.67. The van der Waals surface area contributed by atoms with Crippen molar-refractivity contribution in [3.05, 3.63) is 0 Å². The molecule has 0 aromatic carbocycles. The van der Waals surface area contributed by atoms with Crippen LogP contribution in [0.15, 0.2) is 0 Å². The molecule has 1 aliphatic carbocycles. The lowest BCUT2D eigenvalue weighted by molar-refractivity contribution is 0.170. The van der Waals surface area contributed by atoms with Crippen molar-refractivity contribution < 1.29 is 0 Å². The minimum Gasteiger partial charge on any atom is -0.327 e. The standard InChI is InChI=1S/C15H31N3/c1-3-14-12-17(2)9-5-10-18(14)11-8-13-6-4-7-15(13)16/h13-15H,3-12,16H2,1-2H3. The van der Waals surface area contributed by atoms with Gasteiger partial charge < -0.3 is 10.6 Å². The average molecular weight is 253 g/mol. The summed E-state index contributed by atoms with van der Waals surface area (Å²) in [6.45, 7) is 7.39. The fourth-order valence-corrected chi connectivity index (χ4v) is 3.73. The molecule has 1 saturated carbocycles. The summed E-state index contributed by atoms with van der Waals surface area (Å²) in [5.74, 6) is 0.795. The van der Waals surface area contributed by atoms with Crippen molar-refractivity contribution in [3.63, 3.8) is 0 Å². The molecule has 0 radical (unpaired) electrons. The molecule has 2 fully saturated rings. The van der Waals surface area contributed by atoms with E-state index in [4.69, 9.17) is 5.73 Å². The largest absolute Gasteiger partial charge is 0.327 e. The van der Waals surface area contributed by atoms with Crippen LogP contribution < -0.4 is 5.73 Å². The molecule has 2 N–H and O–H groups in total. The summed E-state index contributed by atoms with van der Waals surface area (Å²) in [6.07, 6.45) is 7.90. The fourth-order valence-electron chi connectivity index (χ4n) is 3.73. The second-order valence-corrected chi connectivity index (χ2v) is 6.36. The molecule has 2 aliphatic rings. The van der Waals surface area contributed by atoms with E-state index in [1.807, 2.05) is 0 Å². The van der Waals surface area contributed by atoms with E-state index in [0.29, 0.717) is 6.04 Å². The molecule has 3 unspecified atom stereocenters. The Kier molecular flexibility index (Phi) is 5.46. The van der Waals surface area contributed by atoms with Gasteiger partial charge in [0, 0.05) is 18.6 Å². The number of hydrogen-bond donors (Lipinski definition) is 1. The topological polar surface area (TPSA) is 32.5 Å². The minimum absolute atomic E-state index is 0.486. The molecule has 18 heavy (non-hydrogen) atoms. The zero-order valence-corrected chi connectivity index (χ0v) is 12.3. The maximum absolute atomic E-state index is 6.19. The van der Waals surface area contributed by atoms with Crippen LogP contribution in [0.1, 0.15) is 45.4 Å². The van der Waals surface area contributed by atoms with Gasteiger partial charge in [-0.3, -0.25) is 4.90 Å². The molecule has 0 bridgehead atoms. The lowest BCUT2D eigenvalue weighted by atomic mass is 9.99. The van der Waals surface area contributed by atoms with Crippen LogP contribution in [0.5, 0.6) is 0 Å². The molecule has 0 amide bonds. The molecule has 1 saturated heterocycles. The second kappa shape index (κ2) is 6.88. The van der Waals surface area contributed by atoms with Crippen molar-refractivity contribution in [1.29, 1.82) is 0 Å². The van der Waals surface area contributed by atoms with Crippen molar-refractivity contribution in [2.45, 2.75) is 57.5 Å². The highest BCUT2D eigenvalue weighted by Crippen LogP contribution is 2.27. The molecule has 0 aromatic heterocycles. The Balaban J connectivity index is 1.82. The zero-order valence-electron chi connectivity index (χ0n) is 12.3. The van der Waals surface area contributed by atoms with E-state index in [1.54, 1.807) is 0 Å². The molecule has 3 atom stereocenters. The minimum atomic E-state index is 0.486. The van der Waals surface area contributed by atoms with Crippen LogP contribution in [0.4, 0.5) is 0 Å². The third-order valence-electron chi connectivity index (χ3n) is 5.00. The van der Waals surface area contributed by atoms with Gasteiger partial charge in [-0.1, -0.05) is 13.3 Å². The summed E-state index contributed by atoms with van der Waals surface area (Å²) in [6, 6.07) is 1.25. The van der Waals surface area contributed by atoms with Crippen LogP contribution in [0, 0.1) is 5.92 Å². The fraction of sp³-hybridized carbons (Fsp3) is 1.00. The maximum Gasteiger partial charge on any atom is 0.0220 e. The Bertz CT molecular complexity index is 244. The molecule has 0 spiro atoms. The Labute approximate surface area is 113 Å². The summed E-state index contributed by atoms with van der Waals surface area (Å²) >= 11 is 0. The van der Waals surface area contributed by atoms with Gasteiger partial charge in [0.15, 0.2) is 0 Å². The van der Waals surface area contributed by atoms with Gasteiger partial charge in [0.1, 0.15) is 0 Å². The predicted molar refractivity (Wildman–Crippen MR) is 77.7 cm³/mol. The van der Waals surface area contributed by atoms with Crippen molar-refractivity contribution in [3.8, 4) is 0 Å². The third kappa shape index (κ3) is 3.69. The Hall–Kier alpha value is -0.120. The van der Waals surface area contributed by atoms with E-state index in [-0.39, 0.29) is 0 Å². The molecule has 0 aromatic rings. The molecule has 3 heteroatoms. The smallest absolute Gasteiger partial charge is 0.0220 e. The van der Waals surface area contributed by atoms with Gasteiger partial charge in [-0.25, -0.2) is 0 Å². The molecule has 1 aliphatic heterocycles. The quantitative estimate of drug-likeness (QED) is 0.831. The first-order chi connectivity index (χ1) is 8.70. The predicted octanol–water partition coefficient (Wildman–Crippen LogP) is 1.92. The molecule has 1 heterocycles. The van der Waals surface area contributed by atoms with Gasteiger partial charge in [-0.05, 0) is 64.7 Å². The lowest BCUT2D eigenvalue weighted by Crippen LogP contribution is -2.41. The first kappa shape index (κ1) is 14.3. The van der Waals surface area contributed by atoms with E-state index < -0.39 is 0 Å². The van der Waals surface area contributed by atoms with Crippen LogP contribution >= 0.6 is 0 Å². The summed E-state index contributed by atoms with van der Waals surface area (Å²) in [5, 5.41) is 0. The summed E-state index contributed by atoms with van der Waals surface area (Å²) in [5.41, 5.74) is 6.19. The van der Waals surface area contributed by atoms with E-state index in [2.05, 4.69) is 23.8 Å². The SMILES string of the molecule is CCC1CN(C)CCCN1CCC1CCCC1N. The van der Waals surface area contributed by atoms with Gasteiger partial charge in [0.2, 0.25) is 0 Å². The van der Waals surface area contributed by atoms with Crippen LogP contribution in [0.2, 0.25) is 0 Å². The summed E-state index contributed by atoms with van der Waals surface area (Å²) < 4.78 is 0. The number of hydrogen-bond acceptors (Lipinski definition) is 3. The Morgan fingerprint density at radius 2 is 2.00 bits per heavy atom. The zero-order chi connectivity index (χ0) is 13.0. The molecule has 2 rings (SSSR count). The van der Waals surface area contributed by atoms with E-state index in [9.17, 15) is 0 Å². The van der Waals surface area contributed by atoms with E-state index in [0.717, 1.165) is 12.0 Å². The van der Waals surface area contributed by atoms with Crippen molar-refractivity contribution in [2.75, 3.05) is 33.2 Å². The van der Waals surface area contributed by atoms with Gasteiger partial charge in [-0.2, -0.15) is 0 Å². The number of nitrogens with zero attached hydrogens (tertiary/aromatic N) is 2. The Morgan fingerprint density at radius 1 is 1.17 bits per heavy atom. The van der Waals surface area contributed by atoms with E-state index >= 15 is 0 Å². The molecular formula is C15H31N3. The second-order valence-electron chi connectivity index (χ2n) is 6.36. The normalized spacial score (nSPS) is 35.8. The summed E-state index contributed by atoms with van der Waals surface area (Å²) in [4.78, 5) is 5.23. The maximum atomic E-state index is 6.19. The molecule has 3 nitrogen and oxygen atoms in total. The number of rotatable bonds is 4. The molecule has 106 valence electrons. The first-order valence-electron chi connectivity index (χ1n) is 7.89. The van der Waals surface area contributed by atoms with Crippen LogP contribution in [-0.4, -0.2) is 55.1 Å². The highest BCUT2D eigenvalue weighted by atomic mass is 15.2. The van der Waals surface area contributed by atoms with Gasteiger partial charge in [-0.15, -0.1) is 0 Å². The number of nitrogens with two attached hydrogens (primary N) is 1. The number of likely N-dealkylation sites (N-methyl/N-ethyl adjacent to an activating group) is 1. The monoisotopic (exact) mass is 253 g/mol. The van der Waals surface area contributed by atoms with E-state index in [1.165, 1.54) is 64.7 Å². The first-order valence-corrected chi connectivity index (χ1v) is 7.89. The third-order valence-corrected chi connectivity index (χ3v) is 5.00. The van der Waals surface area contributed by atoms with Crippen LogP contribution in [0.3, 0.4) is 0 Å². The lowest BCUT2D eigenvalue weighted by Gasteiger charge is -2.31. The summed E-state index contributed by atoms with van der Waals surface area (Å²) in [7, 11) is 2.26. The van der Waals surface area contributed by atoms with Crippen LogP contribution in [-0.2, 0) is 0 Å². The Morgan fingerprint density at radius 3 is 2.67 bits per heavy atom. The molecular weight excluding hydrogens is 222 g/mol.